The number of rotatable bonds is 5. The number of Topliss-reactive ketones (excluding diaryl/α,β-unsaturated/α-hetero) is 1. The fourth-order valence-electron chi connectivity index (χ4n) is 0.902. The Balaban J connectivity index is 4.04. The van der Waals surface area contributed by atoms with E-state index in [0.717, 1.165) is 12.0 Å². The molecule has 0 aromatic rings. The minimum absolute atomic E-state index is 0.199. The molecule has 0 rings (SSSR count). The molecule has 0 unspecified atom stereocenters. The highest BCUT2D eigenvalue weighted by Crippen LogP contribution is 2.08. The molecule has 0 heterocycles. The van der Waals surface area contributed by atoms with Crippen LogP contribution in [-0.2, 0) is 4.79 Å². The maximum Gasteiger partial charge on any atom is 0.134 e. The van der Waals surface area contributed by atoms with Crippen molar-refractivity contribution >= 4 is 5.78 Å². The Kier molecular flexibility index (Phi) is 5.35. The Hall–Kier alpha value is -0.850. The minimum atomic E-state index is 0.199. The SMILES string of the molecule is C=C/C(=C\CC(C)C)CC(C)=O. The number of carbonyl (C=O) groups is 1. The lowest BCUT2D eigenvalue weighted by molar-refractivity contribution is -0.116. The molecular formula is C11H18O. The average Bonchev–Trinajstić information content (AvgIpc) is 1.97. The zero-order valence-corrected chi connectivity index (χ0v) is 8.26. The first kappa shape index (κ1) is 11.2. The van der Waals surface area contributed by atoms with Gasteiger partial charge in [0, 0.05) is 6.42 Å². The van der Waals surface area contributed by atoms with Crippen LogP contribution in [0, 0.1) is 5.92 Å². The summed E-state index contributed by atoms with van der Waals surface area (Å²) in [6.45, 7) is 9.59. The summed E-state index contributed by atoms with van der Waals surface area (Å²) in [5, 5.41) is 0. The van der Waals surface area contributed by atoms with Crippen LogP contribution in [0.15, 0.2) is 24.3 Å². The predicted octanol–water partition coefficient (Wildman–Crippen LogP) is 3.12. The maximum atomic E-state index is 10.8. The molecule has 0 aromatic carbocycles. The molecule has 0 aromatic heterocycles. The van der Waals surface area contributed by atoms with Gasteiger partial charge < -0.3 is 0 Å². The van der Waals surface area contributed by atoms with Crippen molar-refractivity contribution in [2.75, 3.05) is 0 Å². The van der Waals surface area contributed by atoms with Gasteiger partial charge in [0.2, 0.25) is 0 Å². The molecule has 0 radical (unpaired) electrons. The van der Waals surface area contributed by atoms with E-state index >= 15 is 0 Å². The van der Waals surface area contributed by atoms with Crippen LogP contribution >= 0.6 is 0 Å². The molecule has 0 aliphatic carbocycles. The maximum absolute atomic E-state index is 10.8. The van der Waals surface area contributed by atoms with E-state index in [4.69, 9.17) is 0 Å². The van der Waals surface area contributed by atoms with Crippen LogP contribution in [-0.4, -0.2) is 5.78 Å². The number of carbonyl (C=O) groups excluding carboxylic acids is 1. The summed E-state index contributed by atoms with van der Waals surface area (Å²) in [6.07, 6.45) is 5.41. The van der Waals surface area contributed by atoms with Crippen LogP contribution in [0.4, 0.5) is 0 Å². The third-order valence-electron chi connectivity index (χ3n) is 1.57. The molecule has 0 fully saturated rings. The standard InChI is InChI=1S/C11H18O/c1-5-11(8-10(4)12)7-6-9(2)3/h5,7,9H,1,6,8H2,2-4H3/b11-7+. The van der Waals surface area contributed by atoms with Gasteiger partial charge in [-0.2, -0.15) is 0 Å². The van der Waals surface area contributed by atoms with Crippen molar-refractivity contribution in [1.29, 1.82) is 0 Å². The number of ketones is 1. The molecule has 0 saturated heterocycles. The normalized spacial score (nSPS) is 11.8. The van der Waals surface area contributed by atoms with Gasteiger partial charge in [0.05, 0.1) is 0 Å². The summed E-state index contributed by atoms with van der Waals surface area (Å²) in [7, 11) is 0. The number of hydrogen-bond acceptors (Lipinski definition) is 1. The third kappa shape index (κ3) is 5.90. The van der Waals surface area contributed by atoms with Gasteiger partial charge in [0.25, 0.3) is 0 Å². The molecule has 0 saturated carbocycles. The third-order valence-corrected chi connectivity index (χ3v) is 1.57. The fraction of sp³-hybridized carbons (Fsp3) is 0.545. The highest BCUT2D eigenvalue weighted by molar-refractivity contribution is 5.78. The van der Waals surface area contributed by atoms with E-state index in [0.29, 0.717) is 12.3 Å². The molecule has 0 spiro atoms. The second-order valence-corrected chi connectivity index (χ2v) is 3.49. The van der Waals surface area contributed by atoms with Crippen LogP contribution in [0.5, 0.6) is 0 Å². The van der Waals surface area contributed by atoms with Gasteiger partial charge in [-0.25, -0.2) is 0 Å². The first-order chi connectivity index (χ1) is 5.56. The Bertz CT molecular complexity index is 187. The van der Waals surface area contributed by atoms with E-state index in [9.17, 15) is 4.79 Å². The van der Waals surface area contributed by atoms with E-state index in [2.05, 4.69) is 26.5 Å². The highest BCUT2D eigenvalue weighted by Gasteiger charge is 1.97. The Morgan fingerprint density at radius 2 is 2.08 bits per heavy atom. The van der Waals surface area contributed by atoms with Crippen molar-refractivity contribution in [3.63, 3.8) is 0 Å². The van der Waals surface area contributed by atoms with Crippen molar-refractivity contribution in [2.45, 2.75) is 33.6 Å². The van der Waals surface area contributed by atoms with Crippen LogP contribution in [0.1, 0.15) is 33.6 Å². The van der Waals surface area contributed by atoms with Crippen molar-refractivity contribution in [3.8, 4) is 0 Å². The van der Waals surface area contributed by atoms with Crippen molar-refractivity contribution in [3.05, 3.63) is 24.3 Å². The second kappa shape index (κ2) is 5.76. The molecule has 68 valence electrons. The summed E-state index contributed by atoms with van der Waals surface area (Å²) in [5.41, 5.74) is 1.05. The molecular weight excluding hydrogens is 148 g/mol. The lowest BCUT2D eigenvalue weighted by Gasteiger charge is -2.01. The van der Waals surface area contributed by atoms with Gasteiger partial charge in [-0.3, -0.25) is 4.79 Å². The highest BCUT2D eigenvalue weighted by atomic mass is 16.1. The second-order valence-electron chi connectivity index (χ2n) is 3.49. The van der Waals surface area contributed by atoms with Crippen LogP contribution in [0.2, 0.25) is 0 Å². The van der Waals surface area contributed by atoms with Crippen LogP contribution < -0.4 is 0 Å². The summed E-state index contributed by atoms with van der Waals surface area (Å²) < 4.78 is 0. The first-order valence-electron chi connectivity index (χ1n) is 4.37. The number of allylic oxidation sites excluding steroid dienone is 3. The lowest BCUT2D eigenvalue weighted by atomic mass is 10.0. The molecule has 0 atom stereocenters. The smallest absolute Gasteiger partial charge is 0.134 e. The van der Waals surface area contributed by atoms with Crippen LogP contribution in [0.3, 0.4) is 0 Å². The monoisotopic (exact) mass is 166 g/mol. The van der Waals surface area contributed by atoms with Crippen molar-refractivity contribution in [2.24, 2.45) is 5.92 Å². The van der Waals surface area contributed by atoms with Gasteiger partial charge in [0.1, 0.15) is 5.78 Å². The van der Waals surface area contributed by atoms with Crippen molar-refractivity contribution in [1.82, 2.24) is 0 Å². The zero-order valence-electron chi connectivity index (χ0n) is 8.26. The Morgan fingerprint density at radius 3 is 2.42 bits per heavy atom. The molecule has 0 bridgehead atoms. The molecule has 12 heavy (non-hydrogen) atoms. The predicted molar refractivity (Wildman–Crippen MR) is 53.0 cm³/mol. The number of hydrogen-bond donors (Lipinski definition) is 0. The average molecular weight is 166 g/mol. The zero-order chi connectivity index (χ0) is 9.56. The molecule has 0 amide bonds. The molecule has 1 nitrogen and oxygen atoms in total. The van der Waals surface area contributed by atoms with Gasteiger partial charge in [-0.05, 0) is 24.8 Å². The van der Waals surface area contributed by atoms with Gasteiger partial charge >= 0.3 is 0 Å². The van der Waals surface area contributed by atoms with Crippen molar-refractivity contribution < 1.29 is 4.79 Å². The van der Waals surface area contributed by atoms with E-state index in [1.165, 1.54) is 0 Å². The van der Waals surface area contributed by atoms with E-state index in [-0.39, 0.29) is 5.78 Å². The van der Waals surface area contributed by atoms with E-state index in [1.807, 2.05) is 0 Å². The van der Waals surface area contributed by atoms with Gasteiger partial charge in [-0.1, -0.05) is 32.6 Å². The van der Waals surface area contributed by atoms with Gasteiger partial charge in [-0.15, -0.1) is 0 Å². The lowest BCUT2D eigenvalue weighted by Crippen LogP contribution is -1.92. The Labute approximate surface area is 75.2 Å². The summed E-state index contributed by atoms with van der Waals surface area (Å²) in [6, 6.07) is 0. The minimum Gasteiger partial charge on any atom is -0.300 e. The fourth-order valence-corrected chi connectivity index (χ4v) is 0.902. The van der Waals surface area contributed by atoms with Crippen LogP contribution in [0.25, 0.3) is 0 Å². The summed E-state index contributed by atoms with van der Waals surface area (Å²) in [4.78, 5) is 10.8. The molecule has 0 aliphatic heterocycles. The topological polar surface area (TPSA) is 17.1 Å². The largest absolute Gasteiger partial charge is 0.300 e. The summed E-state index contributed by atoms with van der Waals surface area (Å²) in [5.74, 6) is 0.844. The van der Waals surface area contributed by atoms with E-state index in [1.54, 1.807) is 13.0 Å². The first-order valence-corrected chi connectivity index (χ1v) is 4.37. The molecule has 0 aliphatic rings. The Morgan fingerprint density at radius 1 is 1.50 bits per heavy atom. The van der Waals surface area contributed by atoms with E-state index < -0.39 is 0 Å². The quantitative estimate of drug-likeness (QED) is 0.573. The molecule has 0 N–H and O–H groups in total. The summed E-state index contributed by atoms with van der Waals surface area (Å²) >= 11 is 0. The molecule has 1 heteroatoms. The van der Waals surface area contributed by atoms with Gasteiger partial charge in [0.15, 0.2) is 0 Å².